The molecule has 28 heavy (non-hydrogen) atoms. The number of anilines is 1. The van der Waals surface area contributed by atoms with E-state index in [0.717, 1.165) is 61.6 Å². The molecule has 1 fully saturated rings. The first-order valence-electron chi connectivity index (χ1n) is 9.73. The first-order valence-corrected chi connectivity index (χ1v) is 9.73. The number of hydrogen-bond acceptors (Lipinski definition) is 4. The van der Waals surface area contributed by atoms with Gasteiger partial charge in [0.25, 0.3) is 0 Å². The Hall–Kier alpha value is -2.87. The summed E-state index contributed by atoms with van der Waals surface area (Å²) in [5.74, 6) is 0. The molecule has 2 aromatic carbocycles. The number of nitriles is 1. The molecule has 3 rings (SSSR count). The van der Waals surface area contributed by atoms with Gasteiger partial charge >= 0.3 is 0 Å². The Labute approximate surface area is 167 Å². The van der Waals surface area contributed by atoms with E-state index in [1.165, 1.54) is 5.39 Å². The highest BCUT2D eigenvalue weighted by Crippen LogP contribution is 2.27. The van der Waals surface area contributed by atoms with Crippen molar-refractivity contribution in [2.24, 2.45) is 0 Å². The average Bonchev–Trinajstić information content (AvgIpc) is 2.74. The van der Waals surface area contributed by atoms with Gasteiger partial charge in [-0.15, -0.1) is 0 Å². The van der Waals surface area contributed by atoms with Crippen molar-refractivity contribution in [3.63, 3.8) is 0 Å². The summed E-state index contributed by atoms with van der Waals surface area (Å²) in [6.45, 7) is 11.4. The van der Waals surface area contributed by atoms with Gasteiger partial charge in [0.15, 0.2) is 0 Å². The van der Waals surface area contributed by atoms with Crippen LogP contribution in [0.25, 0.3) is 16.3 Å². The van der Waals surface area contributed by atoms with Crippen molar-refractivity contribution in [3.8, 4) is 6.07 Å². The molecule has 1 N–H and O–H groups in total. The smallest absolute Gasteiger partial charge is 0.0997 e. The number of allylic oxidation sites excluding steroid dienone is 5. The second-order valence-corrected chi connectivity index (χ2v) is 6.80. The van der Waals surface area contributed by atoms with Gasteiger partial charge in [-0.2, -0.15) is 5.26 Å². The number of morpholine rings is 1. The summed E-state index contributed by atoms with van der Waals surface area (Å²) in [6.07, 6.45) is 5.52. The molecule has 0 bridgehead atoms. The van der Waals surface area contributed by atoms with Gasteiger partial charge in [0, 0.05) is 31.9 Å². The van der Waals surface area contributed by atoms with Gasteiger partial charge in [-0.25, -0.2) is 0 Å². The molecule has 0 unspecified atom stereocenters. The summed E-state index contributed by atoms with van der Waals surface area (Å²) < 4.78 is 5.39. The number of ether oxygens (including phenoxy) is 1. The fourth-order valence-corrected chi connectivity index (χ4v) is 3.43. The van der Waals surface area contributed by atoms with Gasteiger partial charge in [0.1, 0.15) is 0 Å². The van der Waals surface area contributed by atoms with Crippen LogP contribution in [0.5, 0.6) is 0 Å². The van der Waals surface area contributed by atoms with Crippen LogP contribution in [0, 0.1) is 11.3 Å². The molecule has 144 valence electrons. The zero-order valence-corrected chi connectivity index (χ0v) is 16.4. The van der Waals surface area contributed by atoms with E-state index >= 15 is 0 Å². The lowest BCUT2D eigenvalue weighted by molar-refractivity contribution is 0.0398. The first-order chi connectivity index (χ1) is 13.7. The van der Waals surface area contributed by atoms with Crippen molar-refractivity contribution >= 4 is 22.0 Å². The van der Waals surface area contributed by atoms with Gasteiger partial charge in [-0.3, -0.25) is 4.90 Å². The highest BCUT2D eigenvalue weighted by Gasteiger charge is 2.09. The Morgan fingerprint density at radius 2 is 1.96 bits per heavy atom. The molecule has 0 aromatic heterocycles. The average molecular weight is 374 g/mol. The van der Waals surface area contributed by atoms with Crippen LogP contribution in [0.2, 0.25) is 0 Å². The summed E-state index contributed by atoms with van der Waals surface area (Å²) in [5, 5.41) is 15.2. The quantitative estimate of drug-likeness (QED) is 0.568. The predicted octanol–water partition coefficient (Wildman–Crippen LogP) is 4.62. The first kappa shape index (κ1) is 19.9. The third-order valence-corrected chi connectivity index (χ3v) is 4.96. The molecule has 1 aliphatic rings. The summed E-state index contributed by atoms with van der Waals surface area (Å²) >= 11 is 0. The minimum Gasteiger partial charge on any atom is -0.384 e. The van der Waals surface area contributed by atoms with Crippen LogP contribution in [-0.2, 0) is 4.74 Å². The van der Waals surface area contributed by atoms with Crippen LogP contribution in [0.4, 0.5) is 5.69 Å². The van der Waals surface area contributed by atoms with E-state index in [1.54, 1.807) is 6.08 Å². The Kier molecular flexibility index (Phi) is 7.02. The van der Waals surface area contributed by atoms with Gasteiger partial charge in [0.05, 0.1) is 24.9 Å². The highest BCUT2D eigenvalue weighted by molar-refractivity contribution is 5.91. The number of rotatable bonds is 7. The van der Waals surface area contributed by atoms with Crippen LogP contribution < -0.4 is 5.32 Å². The lowest BCUT2D eigenvalue weighted by Gasteiger charge is -2.26. The Morgan fingerprint density at radius 1 is 1.21 bits per heavy atom. The standard InChI is InChI=1S/C24H27N3O/c1-3-5-24(19(4-2)18-25)22-7-6-21-17-23(9-8-20(21)16-22)26-10-11-27-12-14-28-15-13-27/h3-9,16-17,26H,2,10-15H2,1H3/b5-3-,24-19-. The molecule has 1 aliphatic heterocycles. The van der Waals surface area contributed by atoms with Crippen molar-refractivity contribution in [2.75, 3.05) is 44.7 Å². The molecule has 0 spiro atoms. The molecule has 1 heterocycles. The SMILES string of the molecule is C=C/C(C#N)=C(\C=C/C)c1ccc2cc(NCCN3CCOCC3)ccc2c1. The van der Waals surface area contributed by atoms with Crippen molar-refractivity contribution in [3.05, 3.63) is 72.3 Å². The fourth-order valence-electron chi connectivity index (χ4n) is 3.43. The molecule has 0 saturated carbocycles. The number of nitrogens with zero attached hydrogens (tertiary/aromatic N) is 2. The number of benzene rings is 2. The van der Waals surface area contributed by atoms with Crippen molar-refractivity contribution < 1.29 is 4.74 Å². The molecule has 1 saturated heterocycles. The van der Waals surface area contributed by atoms with Crippen LogP contribution in [0.15, 0.2) is 66.8 Å². The van der Waals surface area contributed by atoms with E-state index in [4.69, 9.17) is 4.74 Å². The second kappa shape index (κ2) is 9.89. The van der Waals surface area contributed by atoms with E-state index in [-0.39, 0.29) is 0 Å². The van der Waals surface area contributed by atoms with Crippen molar-refractivity contribution in [1.29, 1.82) is 5.26 Å². The van der Waals surface area contributed by atoms with Gasteiger partial charge < -0.3 is 10.1 Å². The molecule has 2 aromatic rings. The van der Waals surface area contributed by atoms with Crippen molar-refractivity contribution in [1.82, 2.24) is 4.90 Å². The molecule has 0 radical (unpaired) electrons. The predicted molar refractivity (Wildman–Crippen MR) is 117 cm³/mol. The largest absolute Gasteiger partial charge is 0.384 e. The maximum absolute atomic E-state index is 9.38. The molecular formula is C24H27N3O. The Bertz CT molecular complexity index is 931. The third-order valence-electron chi connectivity index (χ3n) is 4.96. The minimum atomic E-state index is 0.582. The summed E-state index contributed by atoms with van der Waals surface area (Å²) in [7, 11) is 0. The second-order valence-electron chi connectivity index (χ2n) is 6.80. The van der Waals surface area contributed by atoms with Gasteiger partial charge in [-0.1, -0.05) is 43.0 Å². The van der Waals surface area contributed by atoms with E-state index < -0.39 is 0 Å². The van der Waals surface area contributed by atoms with Crippen molar-refractivity contribution in [2.45, 2.75) is 6.92 Å². The monoisotopic (exact) mass is 373 g/mol. The van der Waals surface area contributed by atoms with Crippen LogP contribution in [0.1, 0.15) is 12.5 Å². The minimum absolute atomic E-state index is 0.582. The molecular weight excluding hydrogens is 346 g/mol. The van der Waals surface area contributed by atoms with Gasteiger partial charge in [0.2, 0.25) is 0 Å². The Morgan fingerprint density at radius 3 is 2.68 bits per heavy atom. The fraction of sp³-hybridized carbons (Fsp3) is 0.292. The maximum Gasteiger partial charge on any atom is 0.0997 e. The summed E-state index contributed by atoms with van der Waals surface area (Å²) in [6, 6.07) is 15.0. The highest BCUT2D eigenvalue weighted by atomic mass is 16.5. The molecule has 4 nitrogen and oxygen atoms in total. The summed E-state index contributed by atoms with van der Waals surface area (Å²) in [4.78, 5) is 2.42. The van der Waals surface area contributed by atoms with Crippen LogP contribution in [-0.4, -0.2) is 44.3 Å². The number of fused-ring (bicyclic) bond motifs is 1. The lowest BCUT2D eigenvalue weighted by atomic mass is 9.97. The number of hydrogen-bond donors (Lipinski definition) is 1. The summed E-state index contributed by atoms with van der Waals surface area (Å²) in [5.41, 5.74) is 3.63. The van der Waals surface area contributed by atoms with E-state index in [2.05, 4.69) is 59.3 Å². The molecule has 0 amide bonds. The molecule has 4 heteroatoms. The molecule has 0 atom stereocenters. The van der Waals surface area contributed by atoms with E-state index in [9.17, 15) is 5.26 Å². The van der Waals surface area contributed by atoms with Crippen LogP contribution >= 0.6 is 0 Å². The van der Waals surface area contributed by atoms with Gasteiger partial charge in [-0.05, 0) is 47.0 Å². The topological polar surface area (TPSA) is 48.3 Å². The number of nitrogens with one attached hydrogen (secondary N) is 1. The zero-order valence-electron chi connectivity index (χ0n) is 16.4. The zero-order chi connectivity index (χ0) is 19.8. The van der Waals surface area contributed by atoms with E-state index in [1.807, 2.05) is 19.1 Å². The Balaban J connectivity index is 1.75. The molecule has 0 aliphatic carbocycles. The van der Waals surface area contributed by atoms with Crippen LogP contribution in [0.3, 0.4) is 0 Å². The maximum atomic E-state index is 9.38. The van der Waals surface area contributed by atoms with E-state index in [0.29, 0.717) is 5.57 Å². The third kappa shape index (κ3) is 4.89. The lowest BCUT2D eigenvalue weighted by Crippen LogP contribution is -2.38. The normalized spacial score (nSPS) is 16.0.